The molecule has 0 aromatic heterocycles. The first-order valence-electron chi connectivity index (χ1n) is 3.89. The number of hydrogen-bond donors (Lipinski definition) is 3. The summed E-state index contributed by atoms with van der Waals surface area (Å²) in [5.74, 6) is -0.103. The van der Waals surface area contributed by atoms with Crippen molar-refractivity contribution in [3.8, 4) is 0 Å². The van der Waals surface area contributed by atoms with Crippen molar-refractivity contribution in [1.82, 2.24) is 15.5 Å². The Kier molecular flexibility index (Phi) is 2.50. The largest absolute Gasteiger partial charge is 0.359 e. The Labute approximate surface area is 75.8 Å². The minimum absolute atomic E-state index is 0.0797. The van der Waals surface area contributed by atoms with Crippen LogP contribution in [-0.2, 0) is 4.79 Å². The second-order valence-corrected chi connectivity index (χ2v) is 2.85. The first-order chi connectivity index (χ1) is 6.06. The van der Waals surface area contributed by atoms with Crippen LogP contribution in [0.1, 0.15) is 6.42 Å². The normalized spacial score (nSPS) is 21.7. The van der Waals surface area contributed by atoms with Crippen LogP contribution in [0.15, 0.2) is 0 Å². The zero-order valence-electron chi connectivity index (χ0n) is 7.55. The van der Waals surface area contributed by atoms with Crippen molar-refractivity contribution in [3.05, 3.63) is 0 Å². The van der Waals surface area contributed by atoms with E-state index in [2.05, 4.69) is 10.6 Å². The summed E-state index contributed by atoms with van der Waals surface area (Å²) in [6.45, 7) is 0. The van der Waals surface area contributed by atoms with Crippen LogP contribution in [0, 0.1) is 5.41 Å². The topological polar surface area (TPSA) is 85.3 Å². The average Bonchev–Trinajstić information content (AvgIpc) is 2.32. The van der Waals surface area contributed by atoms with Crippen molar-refractivity contribution in [2.45, 2.75) is 12.5 Å². The highest BCUT2D eigenvalue weighted by molar-refractivity contribution is 6.06. The van der Waals surface area contributed by atoms with E-state index in [0.29, 0.717) is 0 Å². The average molecular weight is 184 g/mol. The Morgan fingerprint density at radius 3 is 2.77 bits per heavy atom. The molecular formula is C7H12N4O2. The minimum Gasteiger partial charge on any atom is -0.359 e. The van der Waals surface area contributed by atoms with Crippen molar-refractivity contribution < 1.29 is 9.59 Å². The van der Waals surface area contributed by atoms with Crippen LogP contribution in [0.5, 0.6) is 0 Å². The number of carbonyl (C=O) groups excluding carboxylic acids is 2. The van der Waals surface area contributed by atoms with Gasteiger partial charge in [0.15, 0.2) is 0 Å². The van der Waals surface area contributed by atoms with Gasteiger partial charge in [0.2, 0.25) is 5.91 Å². The summed E-state index contributed by atoms with van der Waals surface area (Å²) in [4.78, 5) is 23.3. The molecule has 0 spiro atoms. The van der Waals surface area contributed by atoms with Gasteiger partial charge in [0, 0.05) is 14.1 Å². The number of amidine groups is 1. The third kappa shape index (κ3) is 1.77. The predicted molar refractivity (Wildman–Crippen MR) is 46.5 cm³/mol. The van der Waals surface area contributed by atoms with Gasteiger partial charge in [-0.1, -0.05) is 0 Å². The molecular weight excluding hydrogens is 172 g/mol. The first-order valence-corrected chi connectivity index (χ1v) is 3.89. The summed E-state index contributed by atoms with van der Waals surface area (Å²) in [5.41, 5.74) is 0. The maximum atomic E-state index is 11.0. The van der Waals surface area contributed by atoms with Gasteiger partial charge in [-0.3, -0.25) is 15.5 Å². The fourth-order valence-electron chi connectivity index (χ4n) is 1.14. The monoisotopic (exact) mass is 184 g/mol. The maximum absolute atomic E-state index is 11.0. The van der Waals surface area contributed by atoms with Crippen LogP contribution in [0.3, 0.4) is 0 Å². The molecule has 0 aliphatic carbocycles. The smallest absolute Gasteiger partial charge is 0.323 e. The van der Waals surface area contributed by atoms with Gasteiger partial charge in [-0.2, -0.15) is 0 Å². The molecule has 3 N–H and O–H groups in total. The first kappa shape index (κ1) is 9.50. The molecule has 0 radical (unpaired) electrons. The lowest BCUT2D eigenvalue weighted by atomic mass is 10.2. The number of nitrogens with one attached hydrogen (secondary N) is 3. The molecule has 1 fully saturated rings. The second-order valence-electron chi connectivity index (χ2n) is 2.85. The van der Waals surface area contributed by atoms with Crippen molar-refractivity contribution in [1.29, 1.82) is 5.41 Å². The van der Waals surface area contributed by atoms with Gasteiger partial charge < -0.3 is 10.2 Å². The molecule has 0 aromatic carbocycles. The lowest BCUT2D eigenvalue weighted by molar-refractivity contribution is -0.121. The highest BCUT2D eigenvalue weighted by Crippen LogP contribution is 2.09. The number of amides is 3. The van der Waals surface area contributed by atoms with E-state index in [0.717, 1.165) is 0 Å². The summed E-state index contributed by atoms with van der Waals surface area (Å²) in [6.07, 6.45) is 0.130. The fraction of sp³-hybridized carbons (Fsp3) is 0.571. The molecule has 0 aromatic rings. The number of rotatable bonds is 2. The highest BCUT2D eigenvalue weighted by atomic mass is 16.2. The van der Waals surface area contributed by atoms with E-state index in [4.69, 9.17) is 5.41 Å². The second kappa shape index (κ2) is 3.42. The minimum atomic E-state index is -0.451. The molecule has 6 heteroatoms. The Bertz CT molecular complexity index is 263. The number of carbonyl (C=O) groups is 2. The van der Waals surface area contributed by atoms with Gasteiger partial charge in [0.25, 0.3) is 0 Å². The quantitative estimate of drug-likeness (QED) is 0.520. The molecule has 72 valence electrons. The SMILES string of the molecule is CNC(=O)CC1C(=N)NC(=O)N1C. The van der Waals surface area contributed by atoms with Gasteiger partial charge in [0.05, 0.1) is 12.5 Å². The molecule has 6 nitrogen and oxygen atoms in total. The van der Waals surface area contributed by atoms with Gasteiger partial charge in [0.1, 0.15) is 5.84 Å². The standard InChI is InChI=1S/C7H12N4O2/c1-9-5(12)3-4-6(8)10-7(13)11(4)2/h4H,3H2,1-2H3,(H,9,12)(H2,8,10,13). The Balaban J connectivity index is 2.64. The summed E-state index contributed by atoms with van der Waals surface area (Å²) in [7, 11) is 3.08. The lowest BCUT2D eigenvalue weighted by Gasteiger charge is -2.15. The van der Waals surface area contributed by atoms with Crippen LogP contribution < -0.4 is 10.6 Å². The molecule has 1 unspecified atom stereocenters. The number of nitrogens with zero attached hydrogens (tertiary/aromatic N) is 1. The van der Waals surface area contributed by atoms with E-state index in [1.54, 1.807) is 7.05 Å². The summed E-state index contributed by atoms with van der Waals surface area (Å²) in [5, 5.41) is 12.2. The van der Waals surface area contributed by atoms with Gasteiger partial charge >= 0.3 is 6.03 Å². The maximum Gasteiger partial charge on any atom is 0.323 e. The highest BCUT2D eigenvalue weighted by Gasteiger charge is 2.33. The third-order valence-electron chi connectivity index (χ3n) is 2.02. The Morgan fingerprint density at radius 2 is 2.38 bits per heavy atom. The molecule has 1 rings (SSSR count). The van der Waals surface area contributed by atoms with Crippen LogP contribution >= 0.6 is 0 Å². The molecule has 1 saturated heterocycles. The van der Waals surface area contributed by atoms with Crippen molar-refractivity contribution >= 4 is 17.8 Å². The molecule has 3 amide bonds. The van der Waals surface area contributed by atoms with E-state index in [1.165, 1.54) is 11.9 Å². The van der Waals surface area contributed by atoms with Gasteiger partial charge in [-0.15, -0.1) is 0 Å². The van der Waals surface area contributed by atoms with Crippen LogP contribution in [0.25, 0.3) is 0 Å². The molecule has 1 aliphatic rings. The summed E-state index contributed by atoms with van der Waals surface area (Å²) >= 11 is 0. The van der Waals surface area contributed by atoms with E-state index < -0.39 is 6.04 Å². The summed E-state index contributed by atoms with van der Waals surface area (Å²) < 4.78 is 0. The molecule has 1 atom stereocenters. The van der Waals surface area contributed by atoms with E-state index in [-0.39, 0.29) is 24.2 Å². The van der Waals surface area contributed by atoms with Crippen LogP contribution in [0.4, 0.5) is 4.79 Å². The van der Waals surface area contributed by atoms with Crippen molar-refractivity contribution in [2.24, 2.45) is 0 Å². The number of likely N-dealkylation sites (N-methyl/N-ethyl adjacent to an activating group) is 1. The van der Waals surface area contributed by atoms with Gasteiger partial charge in [-0.25, -0.2) is 4.79 Å². The predicted octanol–water partition coefficient (Wildman–Crippen LogP) is -0.877. The molecule has 13 heavy (non-hydrogen) atoms. The molecule has 1 heterocycles. The number of hydrogen-bond acceptors (Lipinski definition) is 3. The third-order valence-corrected chi connectivity index (χ3v) is 2.02. The Morgan fingerprint density at radius 1 is 1.77 bits per heavy atom. The van der Waals surface area contributed by atoms with Crippen LogP contribution in [-0.4, -0.2) is 42.8 Å². The lowest BCUT2D eigenvalue weighted by Crippen LogP contribution is -2.36. The molecule has 0 saturated carbocycles. The molecule has 1 aliphatic heterocycles. The summed E-state index contributed by atoms with van der Waals surface area (Å²) in [6, 6.07) is -0.786. The van der Waals surface area contributed by atoms with Crippen molar-refractivity contribution in [3.63, 3.8) is 0 Å². The molecule has 0 bridgehead atoms. The van der Waals surface area contributed by atoms with Crippen LogP contribution in [0.2, 0.25) is 0 Å². The zero-order valence-corrected chi connectivity index (χ0v) is 7.55. The number of urea groups is 1. The fourth-order valence-corrected chi connectivity index (χ4v) is 1.14. The van der Waals surface area contributed by atoms with E-state index in [1.807, 2.05) is 0 Å². The Hall–Kier alpha value is -1.59. The zero-order chi connectivity index (χ0) is 10.0. The van der Waals surface area contributed by atoms with Gasteiger partial charge in [-0.05, 0) is 0 Å². The van der Waals surface area contributed by atoms with E-state index in [9.17, 15) is 9.59 Å². The van der Waals surface area contributed by atoms with Crippen molar-refractivity contribution in [2.75, 3.05) is 14.1 Å². The van der Waals surface area contributed by atoms with E-state index >= 15 is 0 Å².